The first kappa shape index (κ1) is 42.9. The van der Waals surface area contributed by atoms with E-state index in [4.69, 9.17) is 0 Å². The van der Waals surface area contributed by atoms with Crippen LogP contribution in [-0.4, -0.2) is 6.71 Å². The summed E-state index contributed by atoms with van der Waals surface area (Å²) >= 11 is 0. The highest BCUT2D eigenvalue weighted by atomic mass is 15.2. The Morgan fingerprint density at radius 3 is 1.01 bits per heavy atom. The van der Waals surface area contributed by atoms with E-state index >= 15 is 0 Å². The van der Waals surface area contributed by atoms with E-state index < -0.39 is 0 Å². The summed E-state index contributed by atoms with van der Waals surface area (Å²) in [5.41, 5.74) is 25.9. The molecule has 0 saturated carbocycles. The molecule has 0 bridgehead atoms. The molecule has 0 N–H and O–H groups in total. The lowest BCUT2D eigenvalue weighted by atomic mass is 9.33. The van der Waals surface area contributed by atoms with Crippen LogP contribution in [0, 0.1) is 0 Å². The van der Waals surface area contributed by atoms with Gasteiger partial charge in [0.05, 0.1) is 1.37 Å². The average molecular weight is 954 g/mol. The highest BCUT2D eigenvalue weighted by Gasteiger charge is 2.44. The first-order valence-electron chi connectivity index (χ1n) is 26.3. The lowest BCUT2D eigenvalue weighted by molar-refractivity contribution is 1.25. The van der Waals surface area contributed by atoms with Crippen molar-refractivity contribution in [3.63, 3.8) is 0 Å². The van der Waals surface area contributed by atoms with Crippen LogP contribution in [0.25, 0.3) is 77.9 Å². The van der Waals surface area contributed by atoms with Crippen molar-refractivity contribution in [1.29, 1.82) is 0 Å². The second-order valence-electron chi connectivity index (χ2n) is 19.5. The largest absolute Gasteiger partial charge is 0.311 e. The number of hydrogen-bond acceptors (Lipinski definition) is 2. The topological polar surface area (TPSA) is 6.48 Å². The minimum atomic E-state index is -0.183. The predicted molar refractivity (Wildman–Crippen MR) is 319 cm³/mol. The van der Waals surface area contributed by atoms with Gasteiger partial charge in [-0.1, -0.05) is 237 Å². The summed E-state index contributed by atoms with van der Waals surface area (Å²) in [7, 11) is 0. The van der Waals surface area contributed by atoms with E-state index in [0.717, 1.165) is 117 Å². The lowest BCUT2D eigenvalue weighted by Crippen LogP contribution is -2.61. The summed E-state index contributed by atoms with van der Waals surface area (Å²) in [6, 6.07) is 106. The summed E-state index contributed by atoms with van der Waals surface area (Å²) < 4.78 is 9.32. The van der Waals surface area contributed by atoms with E-state index in [9.17, 15) is 1.37 Å². The fourth-order valence-electron chi connectivity index (χ4n) is 11.8. The molecule has 0 radical (unpaired) electrons. The Bertz CT molecular complexity index is 3920. The summed E-state index contributed by atoms with van der Waals surface area (Å²) in [5.74, 6) is 0. The maximum Gasteiger partial charge on any atom is 0.252 e. The van der Waals surface area contributed by atoms with Crippen LogP contribution < -0.4 is 26.2 Å². The number of benzene rings is 12. The SMILES string of the molecule is [2H]c1ccc2c(c1)B1c3ccccc3N(c3cc(-c4ccccc4)cc(-c4ccccc4)c3)c3cc(-c4c(-c5ccccc5)cccc4-c4ccccc4)cc(c31)N2c1cc(-c2ccccc2)cc(-c2ccccc2)c1. The Morgan fingerprint density at radius 1 is 0.253 bits per heavy atom. The molecule has 0 amide bonds. The predicted octanol–water partition coefficient (Wildman–Crippen LogP) is 17.4. The highest BCUT2D eigenvalue weighted by molar-refractivity contribution is 7.00. The van der Waals surface area contributed by atoms with Gasteiger partial charge in [0.15, 0.2) is 0 Å². The minimum Gasteiger partial charge on any atom is -0.311 e. The molecule has 350 valence electrons. The van der Waals surface area contributed by atoms with E-state index in [1.807, 2.05) is 6.07 Å². The first-order valence-corrected chi connectivity index (χ1v) is 25.8. The van der Waals surface area contributed by atoms with Crippen molar-refractivity contribution in [3.8, 4) is 77.9 Å². The normalized spacial score (nSPS) is 12.4. The van der Waals surface area contributed by atoms with E-state index in [1.54, 1.807) is 0 Å². The van der Waals surface area contributed by atoms with Gasteiger partial charge in [-0.15, -0.1) is 0 Å². The highest BCUT2D eigenvalue weighted by Crippen LogP contribution is 2.50. The molecule has 2 aliphatic heterocycles. The second-order valence-corrected chi connectivity index (χ2v) is 19.5. The van der Waals surface area contributed by atoms with Crippen LogP contribution >= 0.6 is 0 Å². The Hall–Kier alpha value is -9.70. The number of fused-ring (bicyclic) bond motifs is 4. The summed E-state index contributed by atoms with van der Waals surface area (Å²) in [6.07, 6.45) is 0. The van der Waals surface area contributed by atoms with Gasteiger partial charge in [-0.2, -0.15) is 0 Å². The quantitative estimate of drug-likeness (QED) is 0.133. The van der Waals surface area contributed by atoms with E-state index in [1.165, 1.54) is 10.9 Å². The van der Waals surface area contributed by atoms with Crippen LogP contribution in [0.15, 0.2) is 297 Å². The van der Waals surface area contributed by atoms with Crippen LogP contribution in [-0.2, 0) is 0 Å². The molecule has 0 spiro atoms. The van der Waals surface area contributed by atoms with Crippen molar-refractivity contribution in [1.82, 2.24) is 0 Å². The molecule has 2 heterocycles. The summed E-state index contributed by atoms with van der Waals surface area (Å²) in [4.78, 5) is 5.03. The zero-order valence-electron chi connectivity index (χ0n) is 42.2. The molecule has 0 fully saturated rings. The van der Waals surface area contributed by atoms with Gasteiger partial charge in [0.25, 0.3) is 6.71 Å². The Labute approximate surface area is 441 Å². The standard InChI is InChI=1S/C72H49BN2/c1-7-24-50(25-8-1)56-42-57(51-26-9-2-10-27-51)45-61(44-56)74-67-40-21-19-38-65(67)73-66-39-20-22-41-68(66)75(62-46-58(52-28-11-3-12-29-52)43-59(47-62)53-30-13-4-14-31-53)70-49-60(48-69(74)72(70)73)71-63(54-32-15-5-16-33-54)36-23-37-64(71)55-34-17-6-18-35-55/h1-49H/i19D. The van der Waals surface area contributed by atoms with Crippen molar-refractivity contribution in [2.75, 3.05) is 9.80 Å². The smallest absolute Gasteiger partial charge is 0.252 e. The fraction of sp³-hybridized carbons (Fsp3) is 0. The average Bonchev–Trinajstić information content (AvgIpc) is 3.50. The Morgan fingerprint density at radius 2 is 0.600 bits per heavy atom. The Balaban J connectivity index is 1.13. The molecule has 14 rings (SSSR count). The van der Waals surface area contributed by atoms with Gasteiger partial charge in [-0.05, 0) is 155 Å². The molecule has 2 nitrogen and oxygen atoms in total. The van der Waals surface area contributed by atoms with Crippen molar-refractivity contribution in [2.24, 2.45) is 0 Å². The zero-order valence-corrected chi connectivity index (χ0v) is 41.2. The van der Waals surface area contributed by atoms with Crippen LogP contribution in [0.4, 0.5) is 34.1 Å². The Kier molecular flexibility index (Phi) is 10.7. The maximum absolute atomic E-state index is 9.32. The summed E-state index contributed by atoms with van der Waals surface area (Å²) in [5, 5.41) is 0. The van der Waals surface area contributed by atoms with Gasteiger partial charge in [-0.3, -0.25) is 0 Å². The second kappa shape index (κ2) is 18.7. The van der Waals surface area contributed by atoms with Gasteiger partial charge in [0.2, 0.25) is 0 Å². The molecule has 0 unspecified atom stereocenters. The molecule has 0 aromatic heterocycles. The molecule has 2 aliphatic rings. The first-order chi connectivity index (χ1) is 37.6. The van der Waals surface area contributed by atoms with E-state index in [-0.39, 0.29) is 6.71 Å². The fourth-order valence-corrected chi connectivity index (χ4v) is 11.8. The van der Waals surface area contributed by atoms with E-state index in [0.29, 0.717) is 6.04 Å². The molecular formula is C72H49BN2. The lowest BCUT2D eigenvalue weighted by Gasteiger charge is -2.44. The van der Waals surface area contributed by atoms with Gasteiger partial charge < -0.3 is 9.80 Å². The van der Waals surface area contributed by atoms with Crippen molar-refractivity contribution < 1.29 is 1.37 Å². The van der Waals surface area contributed by atoms with Crippen molar-refractivity contribution >= 4 is 57.2 Å². The van der Waals surface area contributed by atoms with Gasteiger partial charge in [-0.25, -0.2) is 0 Å². The molecule has 12 aromatic carbocycles. The zero-order chi connectivity index (χ0) is 50.5. The molecule has 75 heavy (non-hydrogen) atoms. The molecular weight excluding hydrogens is 904 g/mol. The molecule has 0 saturated heterocycles. The minimum absolute atomic E-state index is 0.183. The number of para-hydroxylation sites is 2. The molecule has 12 aromatic rings. The third kappa shape index (κ3) is 7.85. The van der Waals surface area contributed by atoms with Crippen molar-refractivity contribution in [2.45, 2.75) is 0 Å². The monoisotopic (exact) mass is 953 g/mol. The van der Waals surface area contributed by atoms with Crippen LogP contribution in [0.3, 0.4) is 0 Å². The summed E-state index contributed by atoms with van der Waals surface area (Å²) in [6.45, 7) is -0.183. The number of anilines is 6. The van der Waals surface area contributed by atoms with Gasteiger partial charge in [0.1, 0.15) is 0 Å². The van der Waals surface area contributed by atoms with Crippen LogP contribution in [0.2, 0.25) is 0 Å². The van der Waals surface area contributed by atoms with Crippen molar-refractivity contribution in [3.05, 3.63) is 297 Å². The maximum atomic E-state index is 9.32. The molecule has 3 heteroatoms. The molecule has 0 aliphatic carbocycles. The van der Waals surface area contributed by atoms with Gasteiger partial charge in [0, 0.05) is 34.1 Å². The third-order valence-electron chi connectivity index (χ3n) is 15.1. The number of hydrogen-bond donors (Lipinski definition) is 0. The number of nitrogens with zero attached hydrogens (tertiary/aromatic N) is 2. The van der Waals surface area contributed by atoms with Gasteiger partial charge >= 0.3 is 0 Å². The van der Waals surface area contributed by atoms with Crippen LogP contribution in [0.5, 0.6) is 0 Å². The third-order valence-corrected chi connectivity index (χ3v) is 15.1. The molecule has 0 atom stereocenters. The van der Waals surface area contributed by atoms with E-state index in [2.05, 4.69) is 295 Å². The van der Waals surface area contributed by atoms with Crippen LogP contribution in [0.1, 0.15) is 1.37 Å². The number of rotatable bonds is 9.